The van der Waals surface area contributed by atoms with Gasteiger partial charge in [-0.2, -0.15) is 0 Å². The summed E-state index contributed by atoms with van der Waals surface area (Å²) in [5.74, 6) is 1.70. The molecule has 168 valence electrons. The summed E-state index contributed by atoms with van der Waals surface area (Å²) in [5, 5.41) is 0.805. The summed E-state index contributed by atoms with van der Waals surface area (Å²) < 4.78 is 11.4. The van der Waals surface area contributed by atoms with Crippen molar-refractivity contribution in [2.45, 2.75) is 32.6 Å². The first-order valence-electron chi connectivity index (χ1n) is 11.1. The number of hydrogen-bond donors (Lipinski definition) is 0. The van der Waals surface area contributed by atoms with Gasteiger partial charge < -0.3 is 9.47 Å². The fraction of sp³-hybridized carbons (Fsp3) is 0.333. The number of hydrogen-bond acceptors (Lipinski definition) is 4. The van der Waals surface area contributed by atoms with Crippen LogP contribution in [0.4, 0.5) is 0 Å². The van der Waals surface area contributed by atoms with E-state index in [9.17, 15) is 0 Å². The minimum Gasteiger partial charge on any atom is -0.497 e. The topological polar surface area (TPSA) is 24.9 Å². The van der Waals surface area contributed by atoms with Gasteiger partial charge in [0.15, 0.2) is 0 Å². The molecule has 3 aromatic carbocycles. The van der Waals surface area contributed by atoms with Crippen molar-refractivity contribution < 1.29 is 9.47 Å². The molecule has 1 aliphatic heterocycles. The molecule has 1 fully saturated rings. The Balaban J connectivity index is 1.74. The van der Waals surface area contributed by atoms with Crippen LogP contribution in [0.2, 0.25) is 5.02 Å². The van der Waals surface area contributed by atoms with Crippen LogP contribution in [-0.4, -0.2) is 37.1 Å². The highest BCUT2D eigenvalue weighted by atomic mass is 35.5. The number of rotatable bonds is 7. The van der Waals surface area contributed by atoms with Gasteiger partial charge in [0.2, 0.25) is 0 Å². The first-order valence-corrected chi connectivity index (χ1v) is 11.5. The lowest BCUT2D eigenvalue weighted by Gasteiger charge is -2.45. The summed E-state index contributed by atoms with van der Waals surface area (Å²) in [7, 11) is 3.44. The average molecular weight is 451 g/mol. The van der Waals surface area contributed by atoms with E-state index in [-0.39, 0.29) is 6.17 Å². The van der Waals surface area contributed by atoms with Crippen molar-refractivity contribution in [3.8, 4) is 11.5 Å². The molecule has 3 aromatic rings. The molecule has 32 heavy (non-hydrogen) atoms. The number of methoxy groups -OCH3 is 2. The van der Waals surface area contributed by atoms with Gasteiger partial charge in [0.25, 0.3) is 0 Å². The smallest absolute Gasteiger partial charge is 0.125 e. The third kappa shape index (κ3) is 5.09. The van der Waals surface area contributed by atoms with Gasteiger partial charge in [-0.25, -0.2) is 0 Å². The van der Waals surface area contributed by atoms with Crippen LogP contribution in [0.25, 0.3) is 0 Å². The average Bonchev–Trinajstić information content (AvgIpc) is 2.80. The summed E-state index contributed by atoms with van der Waals surface area (Å²) in [5.41, 5.74) is 4.85. The van der Waals surface area contributed by atoms with Crippen molar-refractivity contribution in [3.05, 3.63) is 94.0 Å². The Bertz CT molecular complexity index is 1060. The monoisotopic (exact) mass is 450 g/mol. The first kappa shape index (κ1) is 22.7. The Morgan fingerprint density at radius 2 is 1.66 bits per heavy atom. The molecule has 0 saturated carbocycles. The molecule has 5 heteroatoms. The Kier molecular flexibility index (Phi) is 7.36. The molecule has 0 aromatic heterocycles. The fourth-order valence-electron chi connectivity index (χ4n) is 4.61. The zero-order chi connectivity index (χ0) is 22.5. The third-order valence-electron chi connectivity index (χ3n) is 6.10. The molecule has 0 amide bonds. The largest absolute Gasteiger partial charge is 0.497 e. The summed E-state index contributed by atoms with van der Waals surface area (Å²) in [6, 6.07) is 22.9. The third-order valence-corrected chi connectivity index (χ3v) is 6.47. The quantitative estimate of drug-likeness (QED) is 0.436. The van der Waals surface area contributed by atoms with Gasteiger partial charge in [-0.1, -0.05) is 59.6 Å². The molecule has 4 rings (SSSR count). The van der Waals surface area contributed by atoms with Crippen LogP contribution in [0, 0.1) is 6.92 Å². The summed E-state index contributed by atoms with van der Waals surface area (Å²) in [6.07, 6.45) is 1.14. The van der Waals surface area contributed by atoms with E-state index < -0.39 is 0 Å². The number of aryl methyl sites for hydroxylation is 1. The van der Waals surface area contributed by atoms with E-state index in [2.05, 4.69) is 59.2 Å². The molecule has 1 atom stereocenters. The molecule has 1 aliphatic rings. The van der Waals surface area contributed by atoms with Gasteiger partial charge in [0.1, 0.15) is 11.5 Å². The van der Waals surface area contributed by atoms with Crippen LogP contribution in [0.3, 0.4) is 0 Å². The van der Waals surface area contributed by atoms with Gasteiger partial charge in [-0.05, 0) is 48.7 Å². The molecule has 1 heterocycles. The van der Waals surface area contributed by atoms with Gasteiger partial charge in [0.05, 0.1) is 20.4 Å². The fourth-order valence-corrected chi connectivity index (χ4v) is 4.80. The molecule has 0 bridgehead atoms. The van der Waals surface area contributed by atoms with Crippen molar-refractivity contribution in [3.63, 3.8) is 0 Å². The highest BCUT2D eigenvalue weighted by Crippen LogP contribution is 2.39. The summed E-state index contributed by atoms with van der Waals surface area (Å²) in [6.45, 7) is 5.78. The standard InChI is InChI=1S/C27H31ClN2O2/c1-20-8-6-9-21(16-20)18-29-14-7-15-30(19-22-10-4-5-11-25(22)28)27(29)24-17-23(31-2)12-13-26(24)32-3/h4-6,8-13,16-17,27H,7,14-15,18-19H2,1-3H3/t27-/m0/s1. The maximum atomic E-state index is 6.54. The minimum absolute atomic E-state index is 0.0468. The number of benzene rings is 3. The van der Waals surface area contributed by atoms with Gasteiger partial charge in [0, 0.05) is 36.8 Å². The molecule has 1 saturated heterocycles. The van der Waals surface area contributed by atoms with Crippen LogP contribution in [0.1, 0.15) is 34.8 Å². The number of nitrogens with zero attached hydrogens (tertiary/aromatic N) is 2. The van der Waals surface area contributed by atoms with E-state index >= 15 is 0 Å². The lowest BCUT2D eigenvalue weighted by molar-refractivity contribution is -0.0104. The van der Waals surface area contributed by atoms with Crippen molar-refractivity contribution in [1.82, 2.24) is 9.80 Å². The SMILES string of the molecule is COc1ccc(OC)c([C@H]2N(Cc3cccc(C)c3)CCCN2Cc2ccccc2Cl)c1. The highest BCUT2D eigenvalue weighted by Gasteiger charge is 2.33. The van der Waals surface area contributed by atoms with Gasteiger partial charge in [-0.15, -0.1) is 0 Å². The van der Waals surface area contributed by atoms with E-state index in [1.54, 1.807) is 14.2 Å². The predicted molar refractivity (Wildman–Crippen MR) is 130 cm³/mol. The molecular weight excluding hydrogens is 420 g/mol. The highest BCUT2D eigenvalue weighted by molar-refractivity contribution is 6.31. The summed E-state index contributed by atoms with van der Waals surface area (Å²) >= 11 is 6.54. The summed E-state index contributed by atoms with van der Waals surface area (Å²) in [4.78, 5) is 5.03. The lowest BCUT2D eigenvalue weighted by Crippen LogP contribution is -2.47. The van der Waals surface area contributed by atoms with Crippen LogP contribution in [0.5, 0.6) is 11.5 Å². The van der Waals surface area contributed by atoms with Crippen molar-refractivity contribution >= 4 is 11.6 Å². The molecule has 4 nitrogen and oxygen atoms in total. The zero-order valence-corrected chi connectivity index (χ0v) is 19.8. The molecule has 0 aliphatic carbocycles. The van der Waals surface area contributed by atoms with Crippen molar-refractivity contribution in [2.24, 2.45) is 0 Å². The van der Waals surface area contributed by atoms with Crippen molar-refractivity contribution in [2.75, 3.05) is 27.3 Å². The van der Waals surface area contributed by atoms with E-state index in [1.807, 2.05) is 24.3 Å². The van der Waals surface area contributed by atoms with Crippen LogP contribution in [-0.2, 0) is 13.1 Å². The second-order valence-electron chi connectivity index (χ2n) is 8.36. The Morgan fingerprint density at radius 3 is 2.38 bits per heavy atom. The van der Waals surface area contributed by atoms with Gasteiger partial charge >= 0.3 is 0 Å². The van der Waals surface area contributed by atoms with E-state index in [0.717, 1.165) is 60.2 Å². The van der Waals surface area contributed by atoms with E-state index in [0.29, 0.717) is 0 Å². The number of halogens is 1. The van der Waals surface area contributed by atoms with Crippen LogP contribution in [0.15, 0.2) is 66.7 Å². The second-order valence-corrected chi connectivity index (χ2v) is 8.76. The minimum atomic E-state index is 0.0468. The maximum absolute atomic E-state index is 6.54. The first-order chi connectivity index (χ1) is 15.6. The molecule has 0 spiro atoms. The molecule has 0 radical (unpaired) electrons. The zero-order valence-electron chi connectivity index (χ0n) is 19.1. The Morgan fingerprint density at radius 1 is 0.875 bits per heavy atom. The maximum Gasteiger partial charge on any atom is 0.125 e. The second kappa shape index (κ2) is 10.4. The van der Waals surface area contributed by atoms with Crippen LogP contribution < -0.4 is 9.47 Å². The van der Waals surface area contributed by atoms with E-state index in [4.69, 9.17) is 21.1 Å². The van der Waals surface area contributed by atoms with Gasteiger partial charge in [-0.3, -0.25) is 9.80 Å². The number of ether oxygens (including phenoxy) is 2. The molecule has 0 unspecified atom stereocenters. The Hall–Kier alpha value is -2.53. The normalized spacial score (nSPS) is 17.3. The molecular formula is C27H31ClN2O2. The van der Waals surface area contributed by atoms with Crippen LogP contribution >= 0.6 is 11.6 Å². The van der Waals surface area contributed by atoms with E-state index in [1.165, 1.54) is 11.1 Å². The lowest BCUT2D eigenvalue weighted by atomic mass is 10.0. The predicted octanol–water partition coefficient (Wildman–Crippen LogP) is 6.07. The molecule has 0 N–H and O–H groups in total. The van der Waals surface area contributed by atoms with Crippen molar-refractivity contribution in [1.29, 1.82) is 0 Å². The Labute approximate surface area is 196 Å².